The Bertz CT molecular complexity index is 244. The maximum Gasteiger partial charge on any atom is 0.337 e. The molecule has 19 heavy (non-hydrogen) atoms. The number of rotatable bonds is 11. The summed E-state index contributed by atoms with van der Waals surface area (Å²) in [6.45, 7) is 3.93. The third kappa shape index (κ3) is 9.25. The largest absolute Gasteiger partial charge is 0.467 e. The lowest BCUT2D eigenvalue weighted by molar-refractivity contribution is -0.165. The number of carbonyl (C=O) groups is 1. The van der Waals surface area contributed by atoms with Gasteiger partial charge in [-0.2, -0.15) is 0 Å². The van der Waals surface area contributed by atoms with Crippen molar-refractivity contribution in [3.8, 4) is 0 Å². The molecule has 0 rings (SSSR count). The van der Waals surface area contributed by atoms with Crippen LogP contribution in [0.2, 0.25) is 0 Å². The van der Waals surface area contributed by atoms with E-state index in [-0.39, 0.29) is 12.1 Å². The van der Waals surface area contributed by atoms with Crippen LogP contribution in [0.3, 0.4) is 0 Å². The zero-order valence-electron chi connectivity index (χ0n) is 12.3. The number of aliphatic hydroxyl groups excluding tert-OH is 1. The first-order valence-corrected chi connectivity index (χ1v) is 7.44. The van der Waals surface area contributed by atoms with Gasteiger partial charge in [-0.15, -0.1) is 11.6 Å². The van der Waals surface area contributed by atoms with E-state index >= 15 is 0 Å². The number of hydrogen-bond acceptors (Lipinski definition) is 4. The van der Waals surface area contributed by atoms with Gasteiger partial charge in [0.1, 0.15) is 0 Å². The van der Waals surface area contributed by atoms with Crippen molar-refractivity contribution in [3.63, 3.8) is 0 Å². The SMILES string of the molecule is COC(=O)C(C)(C)OCCCCCC(O)CCCCl. The summed E-state index contributed by atoms with van der Waals surface area (Å²) in [5, 5.41) is 9.62. The molecule has 1 unspecified atom stereocenters. The molecule has 0 aromatic rings. The molecule has 0 aliphatic heterocycles. The minimum absolute atomic E-state index is 0.244. The van der Waals surface area contributed by atoms with Gasteiger partial charge in [-0.05, 0) is 39.5 Å². The number of hydrogen-bond donors (Lipinski definition) is 1. The zero-order chi connectivity index (χ0) is 14.7. The molecular weight excluding hydrogens is 268 g/mol. The standard InChI is InChI=1S/C14H27ClO4/c1-14(2,13(17)18-3)19-11-6-4-5-8-12(16)9-7-10-15/h12,16H,4-11H2,1-3H3. The van der Waals surface area contributed by atoms with Crippen molar-refractivity contribution in [3.05, 3.63) is 0 Å². The van der Waals surface area contributed by atoms with Crippen molar-refractivity contribution >= 4 is 17.6 Å². The fraction of sp³-hybridized carbons (Fsp3) is 0.929. The smallest absolute Gasteiger partial charge is 0.337 e. The van der Waals surface area contributed by atoms with Crippen molar-refractivity contribution in [1.29, 1.82) is 0 Å². The maximum absolute atomic E-state index is 11.4. The van der Waals surface area contributed by atoms with Crippen LogP contribution in [-0.4, -0.2) is 42.4 Å². The Kier molecular flexibility index (Phi) is 10.3. The molecule has 0 radical (unpaired) electrons. The molecule has 0 fully saturated rings. The molecule has 114 valence electrons. The minimum Gasteiger partial charge on any atom is -0.467 e. The molecule has 0 saturated carbocycles. The van der Waals surface area contributed by atoms with E-state index < -0.39 is 5.60 Å². The molecule has 1 N–H and O–H groups in total. The van der Waals surface area contributed by atoms with E-state index in [4.69, 9.17) is 16.3 Å². The van der Waals surface area contributed by atoms with Crippen LogP contribution in [0, 0.1) is 0 Å². The minimum atomic E-state index is -0.880. The second kappa shape index (κ2) is 10.5. The van der Waals surface area contributed by atoms with Crippen molar-refractivity contribution < 1.29 is 19.4 Å². The number of unbranched alkanes of at least 4 members (excludes halogenated alkanes) is 2. The van der Waals surface area contributed by atoms with Crippen molar-refractivity contribution in [2.45, 2.75) is 64.1 Å². The maximum atomic E-state index is 11.4. The first-order chi connectivity index (χ1) is 8.94. The molecule has 0 aliphatic rings. The molecule has 0 saturated heterocycles. The summed E-state index contributed by atoms with van der Waals surface area (Å²) in [6, 6.07) is 0. The number of carbonyl (C=O) groups excluding carboxylic acids is 1. The van der Waals surface area contributed by atoms with Gasteiger partial charge in [0.25, 0.3) is 0 Å². The lowest BCUT2D eigenvalue weighted by Gasteiger charge is -2.22. The normalized spacial score (nSPS) is 13.3. The Morgan fingerprint density at radius 2 is 1.84 bits per heavy atom. The number of aliphatic hydroxyl groups is 1. The number of esters is 1. The van der Waals surface area contributed by atoms with Crippen LogP contribution in [0.25, 0.3) is 0 Å². The van der Waals surface area contributed by atoms with E-state index in [0.29, 0.717) is 12.5 Å². The number of alkyl halides is 1. The summed E-state index contributed by atoms with van der Waals surface area (Å²) in [6.07, 6.45) is 5.01. The third-order valence-electron chi connectivity index (χ3n) is 2.99. The number of methoxy groups -OCH3 is 1. The fourth-order valence-electron chi connectivity index (χ4n) is 1.75. The van der Waals surface area contributed by atoms with Crippen LogP contribution in [-0.2, 0) is 14.3 Å². The first-order valence-electron chi connectivity index (χ1n) is 6.90. The zero-order valence-corrected chi connectivity index (χ0v) is 13.0. The molecule has 0 spiro atoms. The Morgan fingerprint density at radius 1 is 1.21 bits per heavy atom. The molecule has 0 amide bonds. The van der Waals surface area contributed by atoms with Gasteiger partial charge >= 0.3 is 5.97 Å². The Morgan fingerprint density at radius 3 is 2.42 bits per heavy atom. The lowest BCUT2D eigenvalue weighted by Crippen LogP contribution is -2.36. The Hall–Kier alpha value is -0.320. The molecule has 0 aromatic heterocycles. The van der Waals surface area contributed by atoms with Gasteiger partial charge in [0.05, 0.1) is 13.2 Å². The molecule has 4 nitrogen and oxygen atoms in total. The average molecular weight is 295 g/mol. The monoisotopic (exact) mass is 294 g/mol. The summed E-state index contributed by atoms with van der Waals surface area (Å²) >= 11 is 5.56. The summed E-state index contributed by atoms with van der Waals surface area (Å²) in [5.74, 6) is 0.247. The van der Waals surface area contributed by atoms with E-state index in [1.54, 1.807) is 13.8 Å². The van der Waals surface area contributed by atoms with E-state index in [2.05, 4.69) is 4.74 Å². The van der Waals surface area contributed by atoms with Gasteiger partial charge in [-0.1, -0.05) is 12.8 Å². The van der Waals surface area contributed by atoms with Crippen LogP contribution in [0.4, 0.5) is 0 Å². The van der Waals surface area contributed by atoms with Crippen LogP contribution >= 0.6 is 11.6 Å². The molecule has 0 heterocycles. The topological polar surface area (TPSA) is 55.8 Å². The highest BCUT2D eigenvalue weighted by molar-refractivity contribution is 6.17. The van der Waals surface area contributed by atoms with Gasteiger partial charge in [-0.25, -0.2) is 4.79 Å². The highest BCUT2D eigenvalue weighted by atomic mass is 35.5. The fourth-order valence-corrected chi connectivity index (χ4v) is 1.90. The van der Waals surface area contributed by atoms with Gasteiger partial charge < -0.3 is 14.6 Å². The summed E-state index contributed by atoms with van der Waals surface area (Å²) in [4.78, 5) is 11.4. The van der Waals surface area contributed by atoms with E-state index in [9.17, 15) is 9.90 Å². The van der Waals surface area contributed by atoms with Crippen molar-refractivity contribution in [1.82, 2.24) is 0 Å². The summed E-state index contributed by atoms with van der Waals surface area (Å²) in [5.41, 5.74) is -0.880. The molecule has 0 bridgehead atoms. The summed E-state index contributed by atoms with van der Waals surface area (Å²) in [7, 11) is 1.36. The van der Waals surface area contributed by atoms with Crippen molar-refractivity contribution in [2.24, 2.45) is 0 Å². The predicted octanol–water partition coefficient (Wildman–Crippen LogP) is 2.89. The molecule has 5 heteroatoms. The van der Waals surface area contributed by atoms with Gasteiger partial charge in [0.2, 0.25) is 0 Å². The molecule has 0 aliphatic carbocycles. The second-order valence-corrected chi connectivity index (χ2v) is 5.56. The Labute approximate surface area is 121 Å². The van der Waals surface area contributed by atoms with Crippen LogP contribution in [0.15, 0.2) is 0 Å². The van der Waals surface area contributed by atoms with E-state index in [0.717, 1.165) is 38.5 Å². The lowest BCUT2D eigenvalue weighted by atomic mass is 10.1. The first kappa shape index (κ1) is 18.7. The molecular formula is C14H27ClO4. The van der Waals surface area contributed by atoms with Crippen LogP contribution in [0.5, 0.6) is 0 Å². The second-order valence-electron chi connectivity index (χ2n) is 5.18. The van der Waals surface area contributed by atoms with Crippen LogP contribution < -0.4 is 0 Å². The number of halogens is 1. The van der Waals surface area contributed by atoms with Crippen molar-refractivity contribution in [2.75, 3.05) is 19.6 Å². The van der Waals surface area contributed by atoms with E-state index in [1.165, 1.54) is 7.11 Å². The quantitative estimate of drug-likeness (QED) is 0.362. The highest BCUT2D eigenvalue weighted by Gasteiger charge is 2.29. The predicted molar refractivity (Wildman–Crippen MR) is 76.5 cm³/mol. The van der Waals surface area contributed by atoms with Gasteiger partial charge in [-0.3, -0.25) is 0 Å². The third-order valence-corrected chi connectivity index (χ3v) is 3.26. The van der Waals surface area contributed by atoms with Crippen LogP contribution in [0.1, 0.15) is 52.4 Å². The Balaban J connectivity index is 3.52. The highest BCUT2D eigenvalue weighted by Crippen LogP contribution is 2.13. The number of ether oxygens (including phenoxy) is 2. The molecule has 0 aromatic carbocycles. The summed E-state index contributed by atoms with van der Waals surface area (Å²) < 4.78 is 10.2. The van der Waals surface area contributed by atoms with E-state index in [1.807, 2.05) is 0 Å². The average Bonchev–Trinajstić information content (AvgIpc) is 2.39. The molecule has 1 atom stereocenters. The van der Waals surface area contributed by atoms with Gasteiger partial charge in [0, 0.05) is 12.5 Å². The van der Waals surface area contributed by atoms with Gasteiger partial charge in [0.15, 0.2) is 5.60 Å².